The monoisotopic (exact) mass is 428 g/mol. The van der Waals surface area contributed by atoms with Crippen LogP contribution in [0.15, 0.2) is 18.3 Å². The van der Waals surface area contributed by atoms with Crippen LogP contribution >= 0.6 is 0 Å². The molecule has 7 nitrogen and oxygen atoms in total. The largest absolute Gasteiger partial charge is 0.434 e. The number of rotatable bonds is 5. The quantitative estimate of drug-likeness (QED) is 0.703. The molecule has 2 amide bonds. The maximum absolute atomic E-state index is 12.5. The number of hydrogen-bond donors (Lipinski definition) is 2. The van der Waals surface area contributed by atoms with Crippen LogP contribution in [0.2, 0.25) is 0 Å². The number of aromatic nitrogens is 1. The second-order valence-electron chi connectivity index (χ2n) is 6.45. The number of nitrogens with one attached hydrogen (secondary N) is 1. The Balaban J connectivity index is 1.82. The lowest BCUT2D eigenvalue weighted by atomic mass is 9.97. The van der Waals surface area contributed by atoms with Crippen molar-refractivity contribution in [3.63, 3.8) is 0 Å². The molecule has 0 aliphatic carbocycles. The van der Waals surface area contributed by atoms with E-state index < -0.39 is 30.5 Å². The fourth-order valence-corrected chi connectivity index (χ4v) is 2.71. The first-order valence-electron chi connectivity index (χ1n) is 8.46. The van der Waals surface area contributed by atoms with Crippen molar-refractivity contribution in [2.24, 2.45) is 11.7 Å². The number of ether oxygens (including phenoxy) is 1. The van der Waals surface area contributed by atoms with Crippen molar-refractivity contribution in [1.29, 1.82) is 0 Å². The van der Waals surface area contributed by atoms with E-state index in [1.54, 1.807) is 6.07 Å². The van der Waals surface area contributed by atoms with Crippen molar-refractivity contribution in [3.8, 4) is 0 Å². The van der Waals surface area contributed by atoms with Gasteiger partial charge in [0.25, 0.3) is 6.10 Å². The molecule has 13 heteroatoms. The van der Waals surface area contributed by atoms with E-state index in [4.69, 9.17) is 5.73 Å². The van der Waals surface area contributed by atoms with E-state index in [1.165, 1.54) is 12.3 Å². The molecule has 1 fully saturated rings. The number of piperidine rings is 1. The normalized spacial score (nSPS) is 16.0. The zero-order valence-electron chi connectivity index (χ0n) is 14.9. The summed E-state index contributed by atoms with van der Waals surface area (Å²) >= 11 is 0. The molecule has 1 aliphatic heterocycles. The van der Waals surface area contributed by atoms with Crippen molar-refractivity contribution in [3.05, 3.63) is 23.9 Å². The predicted octanol–water partition coefficient (Wildman–Crippen LogP) is 2.93. The fourth-order valence-electron chi connectivity index (χ4n) is 2.71. The Kier molecular flexibility index (Phi) is 6.80. The minimum absolute atomic E-state index is 0.0118. The number of pyridine rings is 1. The van der Waals surface area contributed by atoms with E-state index in [0.29, 0.717) is 25.2 Å². The molecule has 1 saturated heterocycles. The molecule has 0 spiro atoms. The zero-order valence-corrected chi connectivity index (χ0v) is 14.9. The van der Waals surface area contributed by atoms with Crippen molar-refractivity contribution in [2.75, 3.05) is 25.0 Å². The first kappa shape index (κ1) is 22.6. The highest BCUT2D eigenvalue weighted by molar-refractivity contribution is 5.92. The fraction of sp³-hybridized carbons (Fsp3) is 0.562. The highest BCUT2D eigenvalue weighted by Crippen LogP contribution is 2.36. The number of hydrogen-bond acceptors (Lipinski definition) is 5. The summed E-state index contributed by atoms with van der Waals surface area (Å²) in [4.78, 5) is 27.5. The van der Waals surface area contributed by atoms with Gasteiger partial charge in [-0.1, -0.05) is 0 Å². The van der Waals surface area contributed by atoms with Gasteiger partial charge in [-0.2, -0.15) is 26.3 Å². The van der Waals surface area contributed by atoms with E-state index in [2.05, 4.69) is 15.0 Å². The lowest BCUT2D eigenvalue weighted by Crippen LogP contribution is -2.49. The molecule has 1 aromatic heterocycles. The van der Waals surface area contributed by atoms with E-state index in [-0.39, 0.29) is 24.6 Å². The average Bonchev–Trinajstić information content (AvgIpc) is 2.63. The molecule has 29 heavy (non-hydrogen) atoms. The van der Waals surface area contributed by atoms with Gasteiger partial charge in [-0.05, 0) is 30.9 Å². The highest BCUT2D eigenvalue weighted by Gasteiger charge is 2.60. The number of carbonyl (C=O) groups excluding carboxylic acids is 2. The molecule has 0 unspecified atom stereocenters. The lowest BCUT2D eigenvalue weighted by Gasteiger charge is -2.33. The summed E-state index contributed by atoms with van der Waals surface area (Å²) in [7, 11) is 0. The van der Waals surface area contributed by atoms with Gasteiger partial charge in [0.2, 0.25) is 5.91 Å². The van der Waals surface area contributed by atoms with Gasteiger partial charge in [0, 0.05) is 25.8 Å². The topological polar surface area (TPSA) is 97.6 Å². The number of carbonyl (C=O) groups is 2. The molecule has 0 atom stereocenters. The van der Waals surface area contributed by atoms with Gasteiger partial charge in [0.05, 0.1) is 5.56 Å². The molecule has 0 aromatic carbocycles. The standard InChI is InChI=1S/C16H18F6N4O3/c17-15(18,19)13(16(20,21)22)29-14(28)26-5-3-9(4-6-26)7-24-11-2-1-10(8-25-11)12(23)27/h1-2,8-9,13H,3-7H2,(H2,23,27)(H,24,25). The van der Waals surface area contributed by atoms with Gasteiger partial charge in [-0.25, -0.2) is 9.78 Å². The maximum atomic E-state index is 12.5. The number of nitrogens with zero attached hydrogens (tertiary/aromatic N) is 2. The number of halogens is 6. The summed E-state index contributed by atoms with van der Waals surface area (Å²) in [6, 6.07) is 3.02. The number of alkyl halides is 6. The summed E-state index contributed by atoms with van der Waals surface area (Å²) in [5.74, 6) is -0.144. The average molecular weight is 428 g/mol. The summed E-state index contributed by atoms with van der Waals surface area (Å²) < 4.78 is 78.6. The van der Waals surface area contributed by atoms with Gasteiger partial charge >= 0.3 is 18.4 Å². The minimum atomic E-state index is -5.74. The van der Waals surface area contributed by atoms with Crippen LogP contribution in [0.3, 0.4) is 0 Å². The Morgan fingerprint density at radius 2 is 1.76 bits per heavy atom. The van der Waals surface area contributed by atoms with E-state index in [1.807, 2.05) is 0 Å². The molecular weight excluding hydrogens is 410 g/mol. The second-order valence-corrected chi connectivity index (χ2v) is 6.45. The van der Waals surface area contributed by atoms with Crippen molar-refractivity contribution in [2.45, 2.75) is 31.3 Å². The van der Waals surface area contributed by atoms with E-state index >= 15 is 0 Å². The summed E-state index contributed by atoms with van der Waals surface area (Å²) in [6.07, 6.45) is -15.3. The second kappa shape index (κ2) is 8.74. The molecule has 3 N–H and O–H groups in total. The van der Waals surface area contributed by atoms with Crippen LogP contribution < -0.4 is 11.1 Å². The van der Waals surface area contributed by atoms with Crippen molar-refractivity contribution in [1.82, 2.24) is 9.88 Å². The molecule has 2 rings (SSSR count). The molecule has 0 radical (unpaired) electrons. The maximum Gasteiger partial charge on any atom is 0.434 e. The Morgan fingerprint density at radius 3 is 2.21 bits per heavy atom. The van der Waals surface area contributed by atoms with Crippen molar-refractivity contribution < 1.29 is 40.7 Å². The number of anilines is 1. The SMILES string of the molecule is NC(=O)c1ccc(NCC2CCN(C(=O)OC(C(F)(F)F)C(F)(F)F)CC2)nc1. The van der Waals surface area contributed by atoms with Gasteiger partial charge < -0.3 is 20.7 Å². The van der Waals surface area contributed by atoms with Gasteiger partial charge in [-0.3, -0.25) is 4.79 Å². The first-order valence-corrected chi connectivity index (χ1v) is 8.46. The van der Waals surface area contributed by atoms with Crippen LogP contribution in [0.25, 0.3) is 0 Å². The molecule has 1 aliphatic rings. The van der Waals surface area contributed by atoms with Crippen molar-refractivity contribution >= 4 is 17.8 Å². The molecule has 1 aromatic rings. The zero-order chi connectivity index (χ0) is 21.8. The molecular formula is C16H18F6N4O3. The minimum Gasteiger partial charge on any atom is -0.426 e. The predicted molar refractivity (Wildman–Crippen MR) is 87.9 cm³/mol. The molecule has 162 valence electrons. The number of amides is 2. The number of nitrogens with two attached hydrogens (primary N) is 1. The lowest BCUT2D eigenvalue weighted by molar-refractivity contribution is -0.308. The van der Waals surface area contributed by atoms with Crippen LogP contribution in [0, 0.1) is 5.92 Å². The van der Waals surface area contributed by atoms with Crippen LogP contribution in [0.5, 0.6) is 0 Å². The highest BCUT2D eigenvalue weighted by atomic mass is 19.4. The third-order valence-electron chi connectivity index (χ3n) is 4.31. The Morgan fingerprint density at radius 1 is 1.17 bits per heavy atom. The Bertz CT molecular complexity index is 701. The van der Waals surface area contributed by atoms with Crippen LogP contribution in [-0.2, 0) is 4.74 Å². The molecule has 0 bridgehead atoms. The van der Waals surface area contributed by atoms with Gasteiger partial charge in [0.1, 0.15) is 5.82 Å². The molecule has 2 heterocycles. The van der Waals surface area contributed by atoms with Crippen LogP contribution in [0.1, 0.15) is 23.2 Å². The van der Waals surface area contributed by atoms with Crippen LogP contribution in [-0.4, -0.2) is 60.0 Å². The first-order chi connectivity index (χ1) is 13.4. The van der Waals surface area contributed by atoms with Crippen LogP contribution in [0.4, 0.5) is 37.0 Å². The third kappa shape index (κ3) is 6.39. The summed E-state index contributed by atoms with van der Waals surface area (Å²) in [6.45, 7) is 0.336. The van der Waals surface area contributed by atoms with E-state index in [0.717, 1.165) is 4.90 Å². The Hall–Kier alpha value is -2.73. The number of primary amides is 1. The van der Waals surface area contributed by atoms with Gasteiger partial charge in [-0.15, -0.1) is 0 Å². The Labute approximate surface area is 161 Å². The van der Waals surface area contributed by atoms with E-state index in [9.17, 15) is 35.9 Å². The summed E-state index contributed by atoms with van der Waals surface area (Å²) in [5.41, 5.74) is 5.34. The molecule has 0 saturated carbocycles. The third-order valence-corrected chi connectivity index (χ3v) is 4.31. The summed E-state index contributed by atoms with van der Waals surface area (Å²) in [5, 5.41) is 3.00. The van der Waals surface area contributed by atoms with Gasteiger partial charge in [0.15, 0.2) is 0 Å². The smallest absolute Gasteiger partial charge is 0.426 e. The number of likely N-dealkylation sites (tertiary alicyclic amines) is 1.